The Hall–Kier alpha value is -2.37. The van der Waals surface area contributed by atoms with Gasteiger partial charge in [0.05, 0.1) is 20.3 Å². The number of hydrogen-bond acceptors (Lipinski definition) is 5. The first kappa shape index (κ1) is 15.5. The van der Waals surface area contributed by atoms with E-state index in [2.05, 4.69) is 0 Å². The minimum absolute atomic E-state index is 0.156. The fourth-order valence-electron chi connectivity index (χ4n) is 3.47. The molecular formula is C17H19NO5. The molecule has 0 bridgehead atoms. The van der Waals surface area contributed by atoms with Crippen molar-refractivity contribution in [3.63, 3.8) is 0 Å². The van der Waals surface area contributed by atoms with Crippen LogP contribution in [0.15, 0.2) is 18.2 Å². The van der Waals surface area contributed by atoms with Gasteiger partial charge >= 0.3 is 0 Å². The van der Waals surface area contributed by atoms with Crippen LogP contribution in [0.4, 0.5) is 0 Å². The molecule has 1 aromatic rings. The lowest BCUT2D eigenvalue weighted by molar-refractivity contribution is -0.135. The standard InChI is InChI=1S/C17H19NO5/c1-22-11-7-10(8-12(9-11)23-2)17(21)18-14-4-5-15(19)13(14)3-6-16(18)20/h7-9,13-14H,3-6H2,1-2H3. The summed E-state index contributed by atoms with van der Waals surface area (Å²) in [6.07, 6.45) is 1.78. The Morgan fingerprint density at radius 1 is 1.04 bits per heavy atom. The molecule has 1 heterocycles. The summed E-state index contributed by atoms with van der Waals surface area (Å²) in [5, 5.41) is 0. The summed E-state index contributed by atoms with van der Waals surface area (Å²) in [4.78, 5) is 38.4. The third kappa shape index (κ3) is 2.69. The van der Waals surface area contributed by atoms with Crippen molar-refractivity contribution in [2.75, 3.05) is 14.2 Å². The van der Waals surface area contributed by atoms with E-state index in [1.54, 1.807) is 18.2 Å². The van der Waals surface area contributed by atoms with Crippen LogP contribution in [0.5, 0.6) is 11.5 Å². The molecule has 1 aromatic carbocycles. The number of methoxy groups -OCH3 is 2. The van der Waals surface area contributed by atoms with Crippen LogP contribution in [-0.2, 0) is 9.59 Å². The molecule has 2 amide bonds. The van der Waals surface area contributed by atoms with Gasteiger partial charge in [0.25, 0.3) is 5.91 Å². The van der Waals surface area contributed by atoms with Crippen molar-refractivity contribution in [1.82, 2.24) is 4.90 Å². The number of fused-ring (bicyclic) bond motifs is 1. The van der Waals surface area contributed by atoms with E-state index >= 15 is 0 Å². The number of ketones is 1. The van der Waals surface area contributed by atoms with Gasteiger partial charge in [-0.15, -0.1) is 0 Å². The summed E-state index contributed by atoms with van der Waals surface area (Å²) < 4.78 is 10.4. The van der Waals surface area contributed by atoms with Crippen LogP contribution in [0.1, 0.15) is 36.0 Å². The molecule has 1 saturated heterocycles. The minimum atomic E-state index is -0.392. The second-order valence-corrected chi connectivity index (χ2v) is 5.89. The van der Waals surface area contributed by atoms with Gasteiger partial charge in [-0.3, -0.25) is 19.3 Å². The molecule has 2 atom stereocenters. The summed E-state index contributed by atoms with van der Waals surface area (Å²) in [5.41, 5.74) is 0.328. The normalized spacial score (nSPS) is 23.7. The lowest BCUT2D eigenvalue weighted by Gasteiger charge is -2.35. The predicted molar refractivity (Wildman–Crippen MR) is 81.5 cm³/mol. The Bertz CT molecular complexity index is 647. The van der Waals surface area contributed by atoms with Crippen LogP contribution in [0.2, 0.25) is 0 Å². The Morgan fingerprint density at radius 3 is 2.30 bits per heavy atom. The van der Waals surface area contributed by atoms with Gasteiger partial charge in [-0.1, -0.05) is 0 Å². The van der Waals surface area contributed by atoms with Crippen molar-refractivity contribution in [3.05, 3.63) is 23.8 Å². The van der Waals surface area contributed by atoms with Crippen molar-refractivity contribution in [2.45, 2.75) is 31.7 Å². The predicted octanol–water partition coefficient (Wildman–Crippen LogP) is 1.81. The highest BCUT2D eigenvalue weighted by Gasteiger charge is 2.46. The number of likely N-dealkylation sites (tertiary alicyclic amines) is 1. The van der Waals surface area contributed by atoms with E-state index in [1.807, 2.05) is 0 Å². The molecule has 1 aliphatic carbocycles. The van der Waals surface area contributed by atoms with E-state index in [1.165, 1.54) is 19.1 Å². The monoisotopic (exact) mass is 317 g/mol. The van der Waals surface area contributed by atoms with Gasteiger partial charge in [0.2, 0.25) is 5.91 Å². The number of Topliss-reactive ketones (excluding diaryl/α,β-unsaturated/α-hetero) is 1. The maximum atomic E-state index is 12.9. The summed E-state index contributed by atoms with van der Waals surface area (Å²) in [6, 6.07) is 4.52. The van der Waals surface area contributed by atoms with Crippen LogP contribution in [0.3, 0.4) is 0 Å². The Morgan fingerprint density at radius 2 is 1.70 bits per heavy atom. The van der Waals surface area contributed by atoms with Crippen LogP contribution in [0.25, 0.3) is 0 Å². The smallest absolute Gasteiger partial charge is 0.261 e. The molecule has 0 spiro atoms. The summed E-state index contributed by atoms with van der Waals surface area (Å²) in [6.45, 7) is 0. The molecule has 0 aromatic heterocycles. The molecule has 1 saturated carbocycles. The molecule has 6 heteroatoms. The lowest BCUT2D eigenvalue weighted by Crippen LogP contribution is -2.50. The lowest BCUT2D eigenvalue weighted by atomic mass is 9.90. The number of rotatable bonds is 3. The van der Waals surface area contributed by atoms with E-state index in [4.69, 9.17) is 9.47 Å². The Balaban J connectivity index is 1.95. The van der Waals surface area contributed by atoms with Crippen molar-refractivity contribution in [3.8, 4) is 11.5 Å². The number of nitrogens with zero attached hydrogens (tertiary/aromatic N) is 1. The van der Waals surface area contributed by atoms with Crippen molar-refractivity contribution >= 4 is 17.6 Å². The maximum Gasteiger partial charge on any atom is 0.261 e. The van der Waals surface area contributed by atoms with E-state index in [0.717, 1.165) is 0 Å². The fraction of sp³-hybridized carbons (Fsp3) is 0.471. The average molecular weight is 317 g/mol. The van der Waals surface area contributed by atoms with Crippen LogP contribution < -0.4 is 9.47 Å². The average Bonchev–Trinajstić information content (AvgIpc) is 2.94. The van der Waals surface area contributed by atoms with Crippen molar-refractivity contribution < 1.29 is 23.9 Å². The van der Waals surface area contributed by atoms with E-state index in [-0.39, 0.29) is 30.1 Å². The quantitative estimate of drug-likeness (QED) is 0.795. The first-order valence-electron chi connectivity index (χ1n) is 7.67. The first-order valence-corrected chi connectivity index (χ1v) is 7.67. The molecule has 0 radical (unpaired) electrons. The first-order chi connectivity index (χ1) is 11.0. The van der Waals surface area contributed by atoms with Gasteiger partial charge < -0.3 is 9.47 Å². The Labute approximate surface area is 134 Å². The number of carbonyl (C=O) groups is 3. The molecule has 6 nitrogen and oxygen atoms in total. The third-order valence-electron chi connectivity index (χ3n) is 4.65. The maximum absolute atomic E-state index is 12.9. The second-order valence-electron chi connectivity index (χ2n) is 5.89. The number of carbonyl (C=O) groups excluding carboxylic acids is 3. The zero-order chi connectivity index (χ0) is 16.6. The van der Waals surface area contributed by atoms with E-state index in [9.17, 15) is 14.4 Å². The molecule has 2 aliphatic rings. The van der Waals surface area contributed by atoms with Gasteiger partial charge in [0.15, 0.2) is 0 Å². The minimum Gasteiger partial charge on any atom is -0.497 e. The molecular weight excluding hydrogens is 298 g/mol. The number of benzene rings is 1. The topological polar surface area (TPSA) is 72.9 Å². The van der Waals surface area contributed by atoms with E-state index < -0.39 is 5.91 Å². The molecule has 0 N–H and O–H groups in total. The number of imide groups is 1. The number of ether oxygens (including phenoxy) is 2. The summed E-state index contributed by atoms with van der Waals surface area (Å²) in [7, 11) is 3.00. The molecule has 1 aliphatic heterocycles. The third-order valence-corrected chi connectivity index (χ3v) is 4.65. The summed E-state index contributed by atoms with van der Waals surface area (Å²) in [5.74, 6) is 0.310. The van der Waals surface area contributed by atoms with E-state index in [0.29, 0.717) is 36.3 Å². The van der Waals surface area contributed by atoms with Gasteiger partial charge in [0.1, 0.15) is 17.3 Å². The molecule has 2 fully saturated rings. The zero-order valence-corrected chi connectivity index (χ0v) is 13.2. The van der Waals surface area contributed by atoms with Gasteiger partial charge in [-0.05, 0) is 25.0 Å². The van der Waals surface area contributed by atoms with Crippen molar-refractivity contribution in [2.24, 2.45) is 5.92 Å². The van der Waals surface area contributed by atoms with Crippen LogP contribution in [-0.4, -0.2) is 42.8 Å². The molecule has 122 valence electrons. The second kappa shape index (κ2) is 6.02. The number of piperidine rings is 1. The highest BCUT2D eigenvalue weighted by Crippen LogP contribution is 2.36. The number of hydrogen-bond donors (Lipinski definition) is 0. The molecule has 2 unspecified atom stereocenters. The SMILES string of the molecule is COc1cc(OC)cc(C(=O)N2C(=O)CCC3C(=O)CCC32)c1. The van der Waals surface area contributed by atoms with Crippen molar-refractivity contribution in [1.29, 1.82) is 0 Å². The Kier molecular flexibility index (Phi) is 4.07. The number of amides is 2. The molecule has 3 rings (SSSR count). The zero-order valence-electron chi connectivity index (χ0n) is 13.2. The highest BCUT2D eigenvalue weighted by molar-refractivity contribution is 6.07. The highest BCUT2D eigenvalue weighted by atomic mass is 16.5. The van der Waals surface area contributed by atoms with Crippen LogP contribution in [0, 0.1) is 5.92 Å². The van der Waals surface area contributed by atoms with Gasteiger partial charge in [-0.25, -0.2) is 0 Å². The fourth-order valence-corrected chi connectivity index (χ4v) is 3.47. The summed E-state index contributed by atoms with van der Waals surface area (Å²) >= 11 is 0. The van der Waals surface area contributed by atoms with Gasteiger partial charge in [-0.2, -0.15) is 0 Å². The largest absolute Gasteiger partial charge is 0.497 e. The van der Waals surface area contributed by atoms with Crippen LogP contribution >= 0.6 is 0 Å². The van der Waals surface area contributed by atoms with Gasteiger partial charge in [0, 0.05) is 30.4 Å². The molecule has 23 heavy (non-hydrogen) atoms.